The van der Waals surface area contributed by atoms with Gasteiger partial charge in [0.2, 0.25) is 5.96 Å². The molecular formula is C20H23ClFN5O2. The molecule has 3 rings (SSSR count). The van der Waals surface area contributed by atoms with Crippen LogP contribution in [0.25, 0.3) is 0 Å². The predicted molar refractivity (Wildman–Crippen MR) is 111 cm³/mol. The van der Waals surface area contributed by atoms with Gasteiger partial charge in [-0.05, 0) is 42.0 Å². The highest BCUT2D eigenvalue weighted by atomic mass is 35.5. The van der Waals surface area contributed by atoms with Gasteiger partial charge in [-0.3, -0.25) is 10.6 Å². The number of nitrogens with one attached hydrogen (secondary N) is 1. The van der Waals surface area contributed by atoms with Crippen molar-refractivity contribution in [2.75, 3.05) is 38.2 Å². The first-order valence-electron chi connectivity index (χ1n) is 9.14. The molecule has 0 amide bonds. The molecular weight excluding hydrogens is 397 g/mol. The summed E-state index contributed by atoms with van der Waals surface area (Å²) >= 11 is 5.87. The molecule has 1 aliphatic rings. The highest BCUT2D eigenvalue weighted by molar-refractivity contribution is 6.30. The van der Waals surface area contributed by atoms with Crippen LogP contribution in [0.1, 0.15) is 5.56 Å². The zero-order valence-electron chi connectivity index (χ0n) is 16.1. The fourth-order valence-corrected chi connectivity index (χ4v) is 3.15. The molecule has 2 aromatic carbocycles. The number of guanidine groups is 1. The summed E-state index contributed by atoms with van der Waals surface area (Å²) in [5.74, 6) is -0.251. The number of anilines is 1. The van der Waals surface area contributed by atoms with Crippen molar-refractivity contribution in [2.24, 2.45) is 4.99 Å². The molecule has 0 spiro atoms. The first-order valence-corrected chi connectivity index (χ1v) is 9.51. The van der Waals surface area contributed by atoms with Crippen molar-refractivity contribution in [3.8, 4) is 0 Å². The molecule has 154 valence electrons. The van der Waals surface area contributed by atoms with Crippen LogP contribution in [0.5, 0.6) is 0 Å². The summed E-state index contributed by atoms with van der Waals surface area (Å²) in [7, 11) is 1.39. The maximum Gasteiger partial charge on any atom is 0.319 e. The second kappa shape index (κ2) is 9.58. The quantitative estimate of drug-likeness (QED) is 0.453. The zero-order valence-corrected chi connectivity index (χ0v) is 16.8. The van der Waals surface area contributed by atoms with Gasteiger partial charge < -0.3 is 14.5 Å². The average Bonchev–Trinajstić information content (AvgIpc) is 2.74. The van der Waals surface area contributed by atoms with Gasteiger partial charge in [0.15, 0.2) is 0 Å². The van der Waals surface area contributed by atoms with E-state index in [1.54, 1.807) is 41.3 Å². The largest absolute Gasteiger partial charge is 0.467 e. The summed E-state index contributed by atoms with van der Waals surface area (Å²) in [5, 5.41) is 20.0. The van der Waals surface area contributed by atoms with Crippen molar-refractivity contribution in [2.45, 2.75) is 6.54 Å². The fourth-order valence-electron chi connectivity index (χ4n) is 3.03. The van der Waals surface area contributed by atoms with E-state index >= 15 is 0 Å². The van der Waals surface area contributed by atoms with Crippen LogP contribution in [-0.4, -0.2) is 60.4 Å². The number of benzene rings is 2. The molecule has 1 heterocycles. The van der Waals surface area contributed by atoms with Crippen LogP contribution in [-0.2, 0) is 11.3 Å². The lowest BCUT2D eigenvalue weighted by atomic mass is 10.2. The number of hydroxylamine groups is 2. The van der Waals surface area contributed by atoms with Crippen LogP contribution in [0.4, 0.5) is 10.1 Å². The molecule has 7 nitrogen and oxygen atoms in total. The normalized spacial score (nSPS) is 14.7. The van der Waals surface area contributed by atoms with Gasteiger partial charge in [0.1, 0.15) is 5.82 Å². The third-order valence-corrected chi connectivity index (χ3v) is 4.87. The van der Waals surface area contributed by atoms with Crippen molar-refractivity contribution in [1.29, 1.82) is 5.41 Å². The second-order valence-corrected chi connectivity index (χ2v) is 6.99. The maximum absolute atomic E-state index is 13.1. The van der Waals surface area contributed by atoms with Gasteiger partial charge in [-0.25, -0.2) is 9.45 Å². The monoisotopic (exact) mass is 419 g/mol. The van der Waals surface area contributed by atoms with Gasteiger partial charge in [-0.1, -0.05) is 23.7 Å². The van der Waals surface area contributed by atoms with E-state index in [0.717, 1.165) is 16.3 Å². The number of piperazine rings is 1. The molecule has 1 fully saturated rings. The molecule has 0 bridgehead atoms. The van der Waals surface area contributed by atoms with Gasteiger partial charge in [0.05, 0.1) is 13.7 Å². The Morgan fingerprint density at radius 1 is 1.14 bits per heavy atom. The van der Waals surface area contributed by atoms with Crippen molar-refractivity contribution in [3.63, 3.8) is 0 Å². The molecule has 0 saturated carbocycles. The van der Waals surface area contributed by atoms with E-state index in [0.29, 0.717) is 31.2 Å². The Morgan fingerprint density at radius 2 is 1.76 bits per heavy atom. The van der Waals surface area contributed by atoms with Gasteiger partial charge in [0, 0.05) is 36.9 Å². The molecule has 0 radical (unpaired) electrons. The minimum atomic E-state index is -0.261. The SMILES string of the molecule is COC(=NC(=N)N1CCN(c2ccc(F)cc2)CC1)N(O)Cc1ccc(Cl)cc1. The van der Waals surface area contributed by atoms with Crippen LogP contribution in [0.2, 0.25) is 5.02 Å². The van der Waals surface area contributed by atoms with Gasteiger partial charge in [-0.2, -0.15) is 4.99 Å². The topological polar surface area (TPSA) is 75.4 Å². The van der Waals surface area contributed by atoms with Gasteiger partial charge in [-0.15, -0.1) is 0 Å². The van der Waals surface area contributed by atoms with E-state index in [9.17, 15) is 9.60 Å². The van der Waals surface area contributed by atoms with E-state index < -0.39 is 0 Å². The molecule has 2 N–H and O–H groups in total. The van der Waals surface area contributed by atoms with Crippen molar-refractivity contribution in [1.82, 2.24) is 9.96 Å². The first-order chi connectivity index (χ1) is 14.0. The van der Waals surface area contributed by atoms with E-state index in [-0.39, 0.29) is 24.3 Å². The number of hydrogen-bond acceptors (Lipinski definition) is 4. The summed E-state index contributed by atoms with van der Waals surface area (Å²) in [6, 6.07) is 13.4. The Hall–Kier alpha value is -2.84. The van der Waals surface area contributed by atoms with Crippen LogP contribution >= 0.6 is 11.6 Å². The predicted octanol–water partition coefficient (Wildman–Crippen LogP) is 3.43. The smallest absolute Gasteiger partial charge is 0.319 e. The zero-order chi connectivity index (χ0) is 20.8. The Balaban J connectivity index is 1.57. The summed E-state index contributed by atoms with van der Waals surface area (Å²) < 4.78 is 18.2. The number of nitrogens with zero attached hydrogens (tertiary/aromatic N) is 4. The summed E-state index contributed by atoms with van der Waals surface area (Å²) in [6.07, 6.45) is 0. The van der Waals surface area contributed by atoms with Crippen LogP contribution in [0.15, 0.2) is 53.5 Å². The molecule has 9 heteroatoms. The molecule has 0 atom stereocenters. The van der Waals surface area contributed by atoms with Crippen molar-refractivity contribution < 1.29 is 14.3 Å². The number of amidine groups is 1. The molecule has 29 heavy (non-hydrogen) atoms. The van der Waals surface area contributed by atoms with Gasteiger partial charge >= 0.3 is 6.02 Å². The number of aliphatic imine (C=N–C) groups is 1. The molecule has 0 aliphatic carbocycles. The fraction of sp³-hybridized carbons (Fsp3) is 0.300. The molecule has 0 aromatic heterocycles. The summed E-state index contributed by atoms with van der Waals surface area (Å²) in [4.78, 5) is 8.06. The Labute approximate surface area is 174 Å². The number of ether oxygens (including phenoxy) is 1. The first kappa shape index (κ1) is 20.9. The number of rotatable bonds is 3. The van der Waals surface area contributed by atoms with Crippen molar-refractivity contribution in [3.05, 3.63) is 64.9 Å². The number of hydrogen-bond donors (Lipinski definition) is 2. The lowest BCUT2D eigenvalue weighted by Crippen LogP contribution is -2.48. The van der Waals surface area contributed by atoms with E-state index in [1.165, 1.54) is 19.2 Å². The Morgan fingerprint density at radius 3 is 2.34 bits per heavy atom. The minimum Gasteiger partial charge on any atom is -0.467 e. The lowest BCUT2D eigenvalue weighted by Gasteiger charge is -2.36. The average molecular weight is 420 g/mol. The van der Waals surface area contributed by atoms with Gasteiger partial charge in [0.25, 0.3) is 0 Å². The van der Waals surface area contributed by atoms with E-state index in [2.05, 4.69) is 9.89 Å². The minimum absolute atomic E-state index is 0.00997. The van der Waals surface area contributed by atoms with Crippen LogP contribution < -0.4 is 4.90 Å². The summed E-state index contributed by atoms with van der Waals surface area (Å²) in [5.41, 5.74) is 1.77. The highest BCUT2D eigenvalue weighted by Gasteiger charge is 2.21. The number of halogens is 2. The van der Waals surface area contributed by atoms with Crippen LogP contribution in [0, 0.1) is 11.2 Å². The van der Waals surface area contributed by atoms with E-state index in [4.69, 9.17) is 21.7 Å². The Bertz CT molecular complexity index is 852. The molecule has 2 aromatic rings. The Kier molecular flexibility index (Phi) is 6.90. The molecule has 1 aliphatic heterocycles. The molecule has 1 saturated heterocycles. The number of methoxy groups -OCH3 is 1. The molecule has 0 unspecified atom stereocenters. The maximum atomic E-state index is 13.1. The second-order valence-electron chi connectivity index (χ2n) is 6.56. The highest BCUT2D eigenvalue weighted by Crippen LogP contribution is 2.17. The third-order valence-electron chi connectivity index (χ3n) is 4.62. The van der Waals surface area contributed by atoms with Crippen molar-refractivity contribution >= 4 is 29.3 Å². The third kappa shape index (κ3) is 5.58. The standard InChI is InChI=1S/C20H23ClFN5O2/c1-29-20(27(28)14-15-2-4-16(21)5-3-15)24-19(23)26-12-10-25(11-13-26)18-8-6-17(22)7-9-18/h2-9,23,28H,10-14H2,1H3. The van der Waals surface area contributed by atoms with E-state index in [1.807, 2.05) is 0 Å². The van der Waals surface area contributed by atoms with Crippen LogP contribution in [0.3, 0.4) is 0 Å². The summed E-state index contributed by atoms with van der Waals surface area (Å²) in [6.45, 7) is 2.67. The lowest BCUT2D eigenvalue weighted by molar-refractivity contribution is -0.0451.